The number of hydrogen-bond donors (Lipinski definition) is 3. The molecule has 0 aromatic carbocycles. The maximum atomic E-state index is 8.23. The van der Waals surface area contributed by atoms with Crippen LogP contribution in [0.2, 0.25) is 0 Å². The summed E-state index contributed by atoms with van der Waals surface area (Å²) < 4.78 is 0. The zero-order valence-corrected chi connectivity index (χ0v) is 5.12. The van der Waals surface area contributed by atoms with E-state index in [0.29, 0.717) is 5.88 Å². The lowest BCUT2D eigenvalue weighted by Gasteiger charge is -1.94. The normalized spacial score (nSPS) is 9.43. The highest BCUT2D eigenvalue weighted by Crippen LogP contribution is 1.71. The second-order valence-electron chi connectivity index (χ2n) is 1.24. The summed E-state index contributed by atoms with van der Waals surface area (Å²) in [5.74, 6) is 0.694. The predicted octanol–water partition coefficient (Wildman–Crippen LogP) is -0.154. The zero-order valence-electron chi connectivity index (χ0n) is 4.22. The predicted molar refractivity (Wildman–Crippen MR) is 33.6 cm³/mol. The summed E-state index contributed by atoms with van der Waals surface area (Å²) in [5, 5.41) is 11.2. The molecule has 0 aliphatic rings. The molecule has 0 heterocycles. The number of nitrogens with one attached hydrogen (secondary N) is 1. The number of hydrogen-bond acceptors (Lipinski definition) is 3. The van der Waals surface area contributed by atoms with Crippen molar-refractivity contribution >= 4 is 12.6 Å². The van der Waals surface area contributed by atoms with Gasteiger partial charge in [-0.15, -0.1) is 0 Å². The van der Waals surface area contributed by atoms with Crippen molar-refractivity contribution in [3.63, 3.8) is 0 Å². The molecule has 0 aliphatic carbocycles. The van der Waals surface area contributed by atoms with Gasteiger partial charge in [0.25, 0.3) is 0 Å². The van der Waals surface area contributed by atoms with Crippen molar-refractivity contribution in [2.24, 2.45) is 0 Å². The molecule has 44 valence electrons. The standard InChI is InChI=1S/C4H11NOS/c6-3-1-2-5-4-7/h5-7H,1-4H2. The van der Waals surface area contributed by atoms with Crippen LogP contribution in [-0.2, 0) is 0 Å². The molecular formula is C4H11NOS. The summed E-state index contributed by atoms with van der Waals surface area (Å²) in [4.78, 5) is 0. The zero-order chi connectivity index (χ0) is 5.54. The SMILES string of the molecule is OCCCNCS. The fraction of sp³-hybridized carbons (Fsp3) is 1.00. The van der Waals surface area contributed by atoms with Crippen LogP contribution in [0.3, 0.4) is 0 Å². The molecule has 0 saturated carbocycles. The highest BCUT2D eigenvalue weighted by molar-refractivity contribution is 7.80. The average Bonchev–Trinajstić information content (AvgIpc) is 1.69. The first-order valence-electron chi connectivity index (χ1n) is 2.34. The van der Waals surface area contributed by atoms with E-state index in [0.717, 1.165) is 13.0 Å². The summed E-state index contributed by atoms with van der Waals surface area (Å²) in [6.45, 7) is 1.13. The molecule has 0 rings (SSSR count). The first-order valence-corrected chi connectivity index (χ1v) is 2.97. The third-order valence-electron chi connectivity index (χ3n) is 0.623. The largest absolute Gasteiger partial charge is 0.396 e. The molecule has 2 N–H and O–H groups in total. The lowest BCUT2D eigenvalue weighted by atomic mass is 10.5. The van der Waals surface area contributed by atoms with Crippen LogP contribution in [0.1, 0.15) is 6.42 Å². The minimum Gasteiger partial charge on any atom is -0.396 e. The summed E-state index contributed by atoms with van der Waals surface area (Å²) >= 11 is 3.90. The van der Waals surface area contributed by atoms with Crippen molar-refractivity contribution in [3.8, 4) is 0 Å². The molecule has 0 atom stereocenters. The first-order chi connectivity index (χ1) is 3.41. The summed E-state index contributed by atoms with van der Waals surface area (Å²) in [5.41, 5.74) is 0. The topological polar surface area (TPSA) is 32.3 Å². The Morgan fingerprint density at radius 3 is 2.71 bits per heavy atom. The van der Waals surface area contributed by atoms with Crippen LogP contribution in [0.5, 0.6) is 0 Å². The Morgan fingerprint density at radius 2 is 2.29 bits per heavy atom. The van der Waals surface area contributed by atoms with E-state index in [4.69, 9.17) is 5.11 Å². The second kappa shape index (κ2) is 6.27. The van der Waals surface area contributed by atoms with Gasteiger partial charge in [-0.2, -0.15) is 12.6 Å². The van der Waals surface area contributed by atoms with Gasteiger partial charge >= 0.3 is 0 Å². The van der Waals surface area contributed by atoms with Crippen LogP contribution in [0.25, 0.3) is 0 Å². The number of aliphatic hydroxyl groups is 1. The molecule has 0 bridgehead atoms. The number of aliphatic hydroxyl groups excluding tert-OH is 1. The van der Waals surface area contributed by atoms with E-state index < -0.39 is 0 Å². The van der Waals surface area contributed by atoms with Crippen molar-refractivity contribution in [1.29, 1.82) is 0 Å². The molecule has 7 heavy (non-hydrogen) atoms. The molecule has 2 nitrogen and oxygen atoms in total. The molecule has 0 aromatic rings. The maximum absolute atomic E-state index is 8.23. The van der Waals surface area contributed by atoms with Crippen LogP contribution in [-0.4, -0.2) is 24.1 Å². The van der Waals surface area contributed by atoms with Gasteiger partial charge in [0.05, 0.1) is 0 Å². The Morgan fingerprint density at radius 1 is 1.57 bits per heavy atom. The Balaban J connectivity index is 2.45. The number of rotatable bonds is 4. The highest BCUT2D eigenvalue weighted by Gasteiger charge is 1.78. The molecule has 0 aromatic heterocycles. The lowest BCUT2D eigenvalue weighted by molar-refractivity contribution is 0.287. The second-order valence-corrected chi connectivity index (χ2v) is 1.55. The highest BCUT2D eigenvalue weighted by atomic mass is 32.1. The molecule has 0 amide bonds. The van der Waals surface area contributed by atoms with Crippen LogP contribution in [0.15, 0.2) is 0 Å². The summed E-state index contributed by atoms with van der Waals surface area (Å²) in [6.07, 6.45) is 0.820. The smallest absolute Gasteiger partial charge is 0.0443 e. The average molecular weight is 121 g/mol. The van der Waals surface area contributed by atoms with Crippen molar-refractivity contribution in [2.75, 3.05) is 19.0 Å². The molecule has 0 aliphatic heterocycles. The van der Waals surface area contributed by atoms with E-state index in [-0.39, 0.29) is 6.61 Å². The van der Waals surface area contributed by atoms with Gasteiger partial charge in [0.2, 0.25) is 0 Å². The van der Waals surface area contributed by atoms with Gasteiger partial charge in [-0.25, -0.2) is 0 Å². The van der Waals surface area contributed by atoms with E-state index in [2.05, 4.69) is 17.9 Å². The summed E-state index contributed by atoms with van der Waals surface area (Å²) in [6, 6.07) is 0. The number of thiol groups is 1. The molecule has 0 radical (unpaired) electrons. The molecule has 0 unspecified atom stereocenters. The van der Waals surface area contributed by atoms with Gasteiger partial charge in [-0.05, 0) is 13.0 Å². The van der Waals surface area contributed by atoms with Crippen LogP contribution >= 0.6 is 12.6 Å². The Kier molecular flexibility index (Phi) is 6.51. The van der Waals surface area contributed by atoms with E-state index in [9.17, 15) is 0 Å². The van der Waals surface area contributed by atoms with Crippen LogP contribution in [0.4, 0.5) is 0 Å². The van der Waals surface area contributed by atoms with Crippen molar-refractivity contribution in [1.82, 2.24) is 5.32 Å². The molecular weight excluding hydrogens is 110 g/mol. The Bertz CT molecular complexity index is 30.9. The minimum absolute atomic E-state index is 0.265. The first kappa shape index (κ1) is 7.27. The van der Waals surface area contributed by atoms with Crippen LogP contribution in [0, 0.1) is 0 Å². The third-order valence-corrected chi connectivity index (χ3v) is 0.847. The van der Waals surface area contributed by atoms with Gasteiger partial charge in [0.1, 0.15) is 0 Å². The minimum atomic E-state index is 0.265. The molecule has 0 fully saturated rings. The van der Waals surface area contributed by atoms with Crippen molar-refractivity contribution in [2.45, 2.75) is 6.42 Å². The Labute approximate surface area is 49.3 Å². The van der Waals surface area contributed by atoms with Crippen molar-refractivity contribution in [3.05, 3.63) is 0 Å². The molecule has 3 heteroatoms. The van der Waals surface area contributed by atoms with E-state index >= 15 is 0 Å². The quantitative estimate of drug-likeness (QED) is 0.274. The lowest BCUT2D eigenvalue weighted by Crippen LogP contribution is -2.13. The van der Waals surface area contributed by atoms with Gasteiger partial charge in [-0.1, -0.05) is 0 Å². The summed E-state index contributed by atoms with van der Waals surface area (Å²) in [7, 11) is 0. The van der Waals surface area contributed by atoms with E-state index in [1.165, 1.54) is 0 Å². The fourth-order valence-corrected chi connectivity index (χ4v) is 0.441. The van der Waals surface area contributed by atoms with Gasteiger partial charge in [0.15, 0.2) is 0 Å². The molecule has 0 spiro atoms. The van der Waals surface area contributed by atoms with E-state index in [1.807, 2.05) is 0 Å². The maximum Gasteiger partial charge on any atom is 0.0443 e. The Hall–Kier alpha value is 0.270. The monoisotopic (exact) mass is 121 g/mol. The van der Waals surface area contributed by atoms with Crippen LogP contribution < -0.4 is 5.32 Å². The fourth-order valence-electron chi connectivity index (χ4n) is 0.283. The third kappa shape index (κ3) is 6.27. The van der Waals surface area contributed by atoms with E-state index in [1.54, 1.807) is 0 Å². The van der Waals surface area contributed by atoms with Gasteiger partial charge in [-0.3, -0.25) is 0 Å². The van der Waals surface area contributed by atoms with Crippen molar-refractivity contribution < 1.29 is 5.11 Å². The van der Waals surface area contributed by atoms with Gasteiger partial charge in [0, 0.05) is 12.5 Å². The molecule has 0 saturated heterocycles. The van der Waals surface area contributed by atoms with Gasteiger partial charge < -0.3 is 10.4 Å².